The van der Waals surface area contributed by atoms with E-state index < -0.39 is 11.9 Å². The number of hydrogen-bond donors (Lipinski definition) is 2. The second-order valence-corrected chi connectivity index (χ2v) is 2.16. The smallest absolute Gasteiger partial charge is 1.00 e. The number of carboxylic acid groups (broad SMARTS) is 2. The molecule has 1 rings (SSSR count). The SMILES string of the molecule is O=C(O)c1ccccc1C(=O)O.[Ba+2].[H-].[H-].[H-].[H-].[Sr+2].[Zr]. The van der Waals surface area contributed by atoms with Gasteiger partial charge in [0, 0.05) is 26.2 Å². The van der Waals surface area contributed by atoms with Gasteiger partial charge in [-0.3, -0.25) is 0 Å². The van der Waals surface area contributed by atoms with E-state index in [2.05, 4.69) is 0 Å². The molecule has 0 aliphatic rings. The Balaban J connectivity index is -0.0000000411. The largest absolute Gasteiger partial charge is 2.00 e. The second-order valence-electron chi connectivity index (χ2n) is 2.16. The quantitative estimate of drug-likeness (QED) is 0.606. The van der Waals surface area contributed by atoms with Crippen LogP contribution in [0.1, 0.15) is 26.4 Å². The van der Waals surface area contributed by atoms with Gasteiger partial charge in [-0.25, -0.2) is 9.59 Å². The molecule has 0 heterocycles. The third-order valence-electron chi connectivity index (χ3n) is 1.39. The van der Waals surface area contributed by atoms with Crippen molar-refractivity contribution in [1.29, 1.82) is 0 Å². The van der Waals surface area contributed by atoms with Gasteiger partial charge in [0.25, 0.3) is 0 Å². The molecule has 74 valence electrons. The summed E-state index contributed by atoms with van der Waals surface area (Å²) in [6.07, 6.45) is 0. The first-order valence-electron chi connectivity index (χ1n) is 3.18. The summed E-state index contributed by atoms with van der Waals surface area (Å²) in [6.45, 7) is 0. The van der Waals surface area contributed by atoms with E-state index in [1.54, 1.807) is 0 Å². The molecule has 4 nitrogen and oxygen atoms in total. The van der Waals surface area contributed by atoms with Gasteiger partial charge < -0.3 is 15.9 Å². The maximum atomic E-state index is 10.5. The van der Waals surface area contributed by atoms with E-state index in [4.69, 9.17) is 10.2 Å². The predicted octanol–water partition coefficient (Wildman–Crippen LogP) is 0.769. The zero-order valence-electron chi connectivity index (χ0n) is 11.9. The monoisotopic (exact) mass is 486 g/mol. The van der Waals surface area contributed by atoms with Crippen molar-refractivity contribution in [2.45, 2.75) is 0 Å². The Morgan fingerprint density at radius 3 is 1.47 bits per heavy atom. The molecule has 0 fully saturated rings. The molecule has 0 spiro atoms. The molecule has 15 heavy (non-hydrogen) atoms. The Labute approximate surface area is 189 Å². The molecule has 0 amide bonds. The standard InChI is InChI=1S/C8H6O4.Ba.Sr.Zr.4H/c9-7(10)5-3-1-2-4-6(5)8(11)12;;;;;;;/h1-4H,(H,9,10)(H,11,12);;;;;;;/q;2*+2;;4*-1. The Hall–Kier alpha value is 2.10. The minimum atomic E-state index is -1.23. The number of carbonyl (C=O) groups is 2. The van der Waals surface area contributed by atoms with Gasteiger partial charge >= 0.3 is 106 Å². The molecule has 0 saturated heterocycles. The summed E-state index contributed by atoms with van der Waals surface area (Å²) in [7, 11) is 0. The van der Waals surface area contributed by atoms with Crippen molar-refractivity contribution >= 4 is 106 Å². The summed E-state index contributed by atoms with van der Waals surface area (Å²) in [5, 5.41) is 17.1. The molecule has 0 bridgehead atoms. The molecule has 0 atom stereocenters. The van der Waals surface area contributed by atoms with E-state index in [1.165, 1.54) is 24.3 Å². The molecule has 0 saturated carbocycles. The second kappa shape index (κ2) is 11.2. The molecule has 0 aliphatic carbocycles. The summed E-state index contributed by atoms with van der Waals surface area (Å²) in [5.74, 6) is -2.46. The minimum Gasteiger partial charge on any atom is -1.00 e. The first kappa shape index (κ1) is 22.3. The Bertz CT molecular complexity index is 326. The molecule has 1 aromatic rings. The van der Waals surface area contributed by atoms with E-state index in [0.717, 1.165) is 0 Å². The molecule has 0 aromatic heterocycles. The molecule has 0 radical (unpaired) electrons. The summed E-state index contributed by atoms with van der Waals surface area (Å²) in [4.78, 5) is 20.9. The first-order valence-corrected chi connectivity index (χ1v) is 3.18. The molecule has 7 heteroatoms. The van der Waals surface area contributed by atoms with Crippen LogP contribution in [-0.2, 0) is 26.2 Å². The maximum Gasteiger partial charge on any atom is 2.00 e. The first-order chi connectivity index (χ1) is 5.63. The van der Waals surface area contributed by atoms with Crippen molar-refractivity contribution in [1.82, 2.24) is 0 Å². The molecule has 1 aromatic carbocycles. The average molecular weight is 486 g/mol. The number of carboxylic acids is 2. The molecular formula is C8H10BaO4SrZr. The zero-order valence-corrected chi connectivity index (χ0v) is 18.3. The Morgan fingerprint density at radius 2 is 1.27 bits per heavy atom. The van der Waals surface area contributed by atoms with Crippen molar-refractivity contribution in [2.75, 3.05) is 0 Å². The van der Waals surface area contributed by atoms with Crippen LogP contribution < -0.4 is 0 Å². The topological polar surface area (TPSA) is 74.6 Å². The van der Waals surface area contributed by atoms with Gasteiger partial charge in [0.05, 0.1) is 11.1 Å². The molecule has 2 N–H and O–H groups in total. The van der Waals surface area contributed by atoms with Crippen LogP contribution in [0.3, 0.4) is 0 Å². The van der Waals surface area contributed by atoms with Crippen LogP contribution in [0.15, 0.2) is 24.3 Å². The van der Waals surface area contributed by atoms with Gasteiger partial charge in [-0.05, 0) is 12.1 Å². The molecule has 0 unspecified atom stereocenters. The van der Waals surface area contributed by atoms with Crippen LogP contribution >= 0.6 is 0 Å². The fraction of sp³-hybridized carbons (Fsp3) is 0. The Morgan fingerprint density at radius 1 is 1.00 bits per heavy atom. The fourth-order valence-corrected chi connectivity index (χ4v) is 0.856. The van der Waals surface area contributed by atoms with E-state index in [9.17, 15) is 9.59 Å². The summed E-state index contributed by atoms with van der Waals surface area (Å²) in [5.41, 5.74) is -0.380. The number of benzene rings is 1. The molecular weight excluding hydrogens is 476 g/mol. The van der Waals surface area contributed by atoms with Crippen LogP contribution in [0.4, 0.5) is 0 Å². The summed E-state index contributed by atoms with van der Waals surface area (Å²) in [6, 6.07) is 5.48. The van der Waals surface area contributed by atoms with Gasteiger partial charge in [0.2, 0.25) is 0 Å². The van der Waals surface area contributed by atoms with Gasteiger partial charge in [0.1, 0.15) is 0 Å². The van der Waals surface area contributed by atoms with Gasteiger partial charge in [0.15, 0.2) is 0 Å². The summed E-state index contributed by atoms with van der Waals surface area (Å²) < 4.78 is 0. The van der Waals surface area contributed by atoms with Crippen LogP contribution in [0.2, 0.25) is 0 Å². The third kappa shape index (κ3) is 7.19. The minimum absolute atomic E-state index is 0. The van der Waals surface area contributed by atoms with E-state index in [-0.39, 0.29) is 137 Å². The van der Waals surface area contributed by atoms with E-state index >= 15 is 0 Å². The van der Waals surface area contributed by atoms with Crippen LogP contribution in [0, 0.1) is 0 Å². The van der Waals surface area contributed by atoms with Crippen molar-refractivity contribution < 1.29 is 51.7 Å². The van der Waals surface area contributed by atoms with Gasteiger partial charge in [-0.15, -0.1) is 0 Å². The third-order valence-corrected chi connectivity index (χ3v) is 1.39. The van der Waals surface area contributed by atoms with Crippen LogP contribution in [-0.4, -0.2) is 117 Å². The van der Waals surface area contributed by atoms with Crippen molar-refractivity contribution in [3.05, 3.63) is 35.4 Å². The van der Waals surface area contributed by atoms with Crippen LogP contribution in [0.5, 0.6) is 0 Å². The van der Waals surface area contributed by atoms with Crippen molar-refractivity contribution in [2.24, 2.45) is 0 Å². The van der Waals surface area contributed by atoms with Crippen molar-refractivity contribution in [3.63, 3.8) is 0 Å². The molecule has 0 aliphatic heterocycles. The van der Waals surface area contributed by atoms with Crippen LogP contribution in [0.25, 0.3) is 0 Å². The fourth-order valence-electron chi connectivity index (χ4n) is 0.856. The maximum absolute atomic E-state index is 10.5. The van der Waals surface area contributed by atoms with E-state index in [0.29, 0.717) is 0 Å². The van der Waals surface area contributed by atoms with Gasteiger partial charge in [-0.2, -0.15) is 0 Å². The van der Waals surface area contributed by atoms with Crippen molar-refractivity contribution in [3.8, 4) is 0 Å². The normalized spacial score (nSPS) is 7.47. The number of rotatable bonds is 2. The predicted molar refractivity (Wildman–Crippen MR) is 56.3 cm³/mol. The summed E-state index contributed by atoms with van der Waals surface area (Å²) >= 11 is 0. The van der Waals surface area contributed by atoms with E-state index in [1.807, 2.05) is 0 Å². The number of aromatic carboxylic acids is 2. The van der Waals surface area contributed by atoms with Gasteiger partial charge in [-0.1, -0.05) is 12.1 Å². The Kier molecular flexibility index (Phi) is 16.6. The average Bonchev–Trinajstić information content (AvgIpc) is 2.04. The zero-order chi connectivity index (χ0) is 9.14. The number of hydrogen-bond acceptors (Lipinski definition) is 2.